The molecule has 0 saturated heterocycles. The van der Waals surface area contributed by atoms with Crippen LogP contribution in [0, 0.1) is 6.92 Å². The maximum absolute atomic E-state index is 11.9. The molecular formula is C12H13N3O5S. The molecule has 0 aliphatic rings. The van der Waals surface area contributed by atoms with E-state index in [2.05, 4.69) is 14.9 Å². The highest BCUT2D eigenvalue weighted by Crippen LogP contribution is 2.07. The molecule has 2 aromatic rings. The Morgan fingerprint density at radius 1 is 1.43 bits per heavy atom. The standard InChI is InChI=1S/C12H13N3O5S/c1-8-4-10(15-20-8)7-21(18,19)14-6-9-2-3-11(12(16)17)13-5-9/h2-5,14H,6-7H2,1H3,(H,16,17). The third-order valence-electron chi connectivity index (χ3n) is 2.55. The lowest BCUT2D eigenvalue weighted by Crippen LogP contribution is -2.25. The molecule has 21 heavy (non-hydrogen) atoms. The summed E-state index contributed by atoms with van der Waals surface area (Å²) in [6.45, 7) is 1.69. The second-order valence-electron chi connectivity index (χ2n) is 4.37. The van der Waals surface area contributed by atoms with E-state index >= 15 is 0 Å². The van der Waals surface area contributed by atoms with Crippen LogP contribution in [0.25, 0.3) is 0 Å². The molecule has 2 rings (SSSR count). The Hall–Kier alpha value is -2.26. The second kappa shape index (κ2) is 6.02. The van der Waals surface area contributed by atoms with Crippen LogP contribution < -0.4 is 4.72 Å². The fourth-order valence-corrected chi connectivity index (χ4v) is 2.59. The Morgan fingerprint density at radius 2 is 2.19 bits per heavy atom. The number of aromatic carboxylic acids is 1. The van der Waals surface area contributed by atoms with E-state index in [1.807, 2.05) is 0 Å². The molecule has 0 fully saturated rings. The van der Waals surface area contributed by atoms with Crippen molar-refractivity contribution in [1.82, 2.24) is 14.9 Å². The summed E-state index contributed by atoms with van der Waals surface area (Å²) in [5.41, 5.74) is 0.777. The number of carboxylic acids is 1. The van der Waals surface area contributed by atoms with E-state index in [9.17, 15) is 13.2 Å². The lowest BCUT2D eigenvalue weighted by atomic mass is 10.2. The zero-order chi connectivity index (χ0) is 15.5. The van der Waals surface area contributed by atoms with Gasteiger partial charge in [0.05, 0.1) is 0 Å². The molecule has 2 N–H and O–H groups in total. The highest BCUT2D eigenvalue weighted by Gasteiger charge is 2.14. The molecule has 8 nitrogen and oxygen atoms in total. The van der Waals surface area contributed by atoms with Crippen LogP contribution in [-0.2, 0) is 22.3 Å². The van der Waals surface area contributed by atoms with E-state index in [-0.39, 0.29) is 18.0 Å². The first-order valence-corrected chi connectivity index (χ1v) is 7.59. The van der Waals surface area contributed by atoms with Gasteiger partial charge in [-0.3, -0.25) is 0 Å². The number of hydrogen-bond donors (Lipinski definition) is 2. The first-order valence-electron chi connectivity index (χ1n) is 5.93. The van der Waals surface area contributed by atoms with Gasteiger partial charge >= 0.3 is 5.97 Å². The maximum Gasteiger partial charge on any atom is 0.354 e. The first kappa shape index (κ1) is 15.1. The van der Waals surface area contributed by atoms with Gasteiger partial charge in [-0.2, -0.15) is 0 Å². The number of carbonyl (C=O) groups is 1. The van der Waals surface area contributed by atoms with E-state index in [0.717, 1.165) is 0 Å². The number of hydrogen-bond acceptors (Lipinski definition) is 6. The Morgan fingerprint density at radius 3 is 2.71 bits per heavy atom. The summed E-state index contributed by atoms with van der Waals surface area (Å²) in [4.78, 5) is 14.3. The molecule has 0 aliphatic carbocycles. The van der Waals surface area contributed by atoms with Crippen molar-refractivity contribution in [2.45, 2.75) is 19.2 Å². The summed E-state index contributed by atoms with van der Waals surface area (Å²) in [6, 6.07) is 4.36. The number of sulfonamides is 1. The molecule has 2 aromatic heterocycles. The Balaban J connectivity index is 1.96. The van der Waals surface area contributed by atoms with Crippen molar-refractivity contribution in [1.29, 1.82) is 0 Å². The van der Waals surface area contributed by atoms with Crippen molar-refractivity contribution in [2.75, 3.05) is 0 Å². The maximum atomic E-state index is 11.9. The minimum Gasteiger partial charge on any atom is -0.477 e. The molecule has 2 heterocycles. The predicted molar refractivity (Wildman–Crippen MR) is 71.9 cm³/mol. The van der Waals surface area contributed by atoms with Crippen LogP contribution in [0.2, 0.25) is 0 Å². The summed E-state index contributed by atoms with van der Waals surface area (Å²) >= 11 is 0. The molecule has 0 unspecified atom stereocenters. The average Bonchev–Trinajstić information content (AvgIpc) is 2.81. The molecule has 0 aromatic carbocycles. The molecule has 0 radical (unpaired) electrons. The Bertz CT molecular complexity index is 737. The third-order valence-corrected chi connectivity index (χ3v) is 3.81. The molecular weight excluding hydrogens is 298 g/mol. The fraction of sp³-hybridized carbons (Fsp3) is 0.250. The van der Waals surface area contributed by atoms with Crippen LogP contribution in [0.15, 0.2) is 28.9 Å². The number of pyridine rings is 1. The lowest BCUT2D eigenvalue weighted by Gasteiger charge is -2.05. The molecule has 0 spiro atoms. The van der Waals surface area contributed by atoms with Crippen LogP contribution in [0.4, 0.5) is 0 Å². The van der Waals surface area contributed by atoms with E-state index in [1.54, 1.807) is 13.0 Å². The summed E-state index contributed by atoms with van der Waals surface area (Å²) in [7, 11) is -3.56. The summed E-state index contributed by atoms with van der Waals surface area (Å²) in [5.74, 6) is -0.887. The molecule has 0 aliphatic heterocycles. The van der Waals surface area contributed by atoms with Gasteiger partial charge in [0.1, 0.15) is 22.9 Å². The molecule has 0 bridgehead atoms. The highest BCUT2D eigenvalue weighted by atomic mass is 32.2. The molecule has 0 saturated carbocycles. The Labute approximate surface area is 120 Å². The van der Waals surface area contributed by atoms with Gasteiger partial charge in [-0.1, -0.05) is 11.2 Å². The van der Waals surface area contributed by atoms with Gasteiger partial charge in [-0.05, 0) is 18.6 Å². The lowest BCUT2D eigenvalue weighted by molar-refractivity contribution is 0.0690. The largest absolute Gasteiger partial charge is 0.477 e. The fourth-order valence-electron chi connectivity index (χ4n) is 1.58. The van der Waals surface area contributed by atoms with E-state index in [1.165, 1.54) is 18.3 Å². The van der Waals surface area contributed by atoms with Crippen LogP contribution in [0.3, 0.4) is 0 Å². The van der Waals surface area contributed by atoms with Gasteiger partial charge < -0.3 is 9.63 Å². The number of nitrogens with zero attached hydrogens (tertiary/aromatic N) is 2. The predicted octanol–water partition coefficient (Wildman–Crippen LogP) is 0.696. The second-order valence-corrected chi connectivity index (χ2v) is 6.17. The quantitative estimate of drug-likeness (QED) is 0.804. The van der Waals surface area contributed by atoms with Gasteiger partial charge in [0.2, 0.25) is 10.0 Å². The van der Waals surface area contributed by atoms with Crippen molar-refractivity contribution in [3.63, 3.8) is 0 Å². The zero-order valence-corrected chi connectivity index (χ0v) is 11.9. The molecule has 9 heteroatoms. The zero-order valence-electron chi connectivity index (χ0n) is 11.1. The van der Waals surface area contributed by atoms with Crippen LogP contribution >= 0.6 is 0 Å². The number of carboxylic acid groups (broad SMARTS) is 1. The molecule has 112 valence electrons. The number of rotatable bonds is 6. The number of nitrogens with one attached hydrogen (secondary N) is 1. The summed E-state index contributed by atoms with van der Waals surface area (Å²) in [6.07, 6.45) is 1.31. The minimum atomic E-state index is -3.56. The number of aromatic nitrogens is 2. The van der Waals surface area contributed by atoms with Crippen LogP contribution in [0.1, 0.15) is 27.5 Å². The Kier molecular flexibility index (Phi) is 4.34. The summed E-state index contributed by atoms with van der Waals surface area (Å²) in [5, 5.41) is 12.3. The van der Waals surface area contributed by atoms with E-state index in [0.29, 0.717) is 17.0 Å². The third kappa shape index (κ3) is 4.36. The van der Waals surface area contributed by atoms with Crippen molar-refractivity contribution in [3.8, 4) is 0 Å². The van der Waals surface area contributed by atoms with Crippen molar-refractivity contribution in [3.05, 3.63) is 47.1 Å². The molecule has 0 amide bonds. The first-order chi connectivity index (χ1) is 9.85. The minimum absolute atomic E-state index is 0.0199. The van der Waals surface area contributed by atoms with Crippen molar-refractivity contribution < 1.29 is 22.8 Å². The van der Waals surface area contributed by atoms with Gasteiger partial charge in [0.25, 0.3) is 0 Å². The normalized spacial score (nSPS) is 11.5. The average molecular weight is 311 g/mol. The monoisotopic (exact) mass is 311 g/mol. The molecule has 0 atom stereocenters. The van der Waals surface area contributed by atoms with Gasteiger partial charge in [-0.25, -0.2) is 22.9 Å². The van der Waals surface area contributed by atoms with Crippen LogP contribution in [0.5, 0.6) is 0 Å². The van der Waals surface area contributed by atoms with Gasteiger partial charge in [0.15, 0.2) is 0 Å². The topological polar surface area (TPSA) is 122 Å². The van der Waals surface area contributed by atoms with Gasteiger partial charge in [-0.15, -0.1) is 0 Å². The number of aryl methyl sites for hydroxylation is 1. The van der Waals surface area contributed by atoms with Crippen molar-refractivity contribution in [2.24, 2.45) is 0 Å². The van der Waals surface area contributed by atoms with E-state index in [4.69, 9.17) is 9.63 Å². The smallest absolute Gasteiger partial charge is 0.354 e. The summed E-state index contributed by atoms with van der Waals surface area (Å²) < 4.78 is 30.9. The van der Waals surface area contributed by atoms with E-state index < -0.39 is 16.0 Å². The van der Waals surface area contributed by atoms with Crippen LogP contribution in [-0.4, -0.2) is 29.6 Å². The SMILES string of the molecule is Cc1cc(CS(=O)(=O)NCc2ccc(C(=O)O)nc2)no1. The highest BCUT2D eigenvalue weighted by molar-refractivity contribution is 7.88. The van der Waals surface area contributed by atoms with Gasteiger partial charge in [0, 0.05) is 18.8 Å². The van der Waals surface area contributed by atoms with Crippen molar-refractivity contribution >= 4 is 16.0 Å².